The van der Waals surface area contributed by atoms with Gasteiger partial charge in [0, 0.05) is 15.1 Å². The van der Waals surface area contributed by atoms with Gasteiger partial charge in [0.05, 0.1) is 5.56 Å². The summed E-state index contributed by atoms with van der Waals surface area (Å²) in [4.78, 5) is 0. The molecule has 0 radical (unpaired) electrons. The van der Waals surface area contributed by atoms with Crippen LogP contribution in [0.3, 0.4) is 0 Å². The fraction of sp³-hybridized carbons (Fsp3) is 0.0769. The molecule has 0 bridgehead atoms. The monoisotopic (exact) mass is 332 g/mol. The summed E-state index contributed by atoms with van der Waals surface area (Å²) in [5.74, 6) is -1.65. The highest BCUT2D eigenvalue weighted by molar-refractivity contribution is 9.10. The van der Waals surface area contributed by atoms with Crippen LogP contribution in [0.2, 0.25) is 5.02 Å². The molecule has 0 amide bonds. The Bertz CT molecular complexity index is 566. The molecule has 1 unspecified atom stereocenters. The third kappa shape index (κ3) is 2.55. The maximum Gasteiger partial charge on any atom is 0.133 e. The molecule has 2 aromatic rings. The van der Waals surface area contributed by atoms with Crippen LogP contribution in [0.4, 0.5) is 8.78 Å². The van der Waals surface area contributed by atoms with Gasteiger partial charge in [-0.2, -0.15) is 0 Å². The standard InChI is InChI=1S/C13H8BrClF2O/c14-7-5-10(16)12(11(17)6-7)13(18)8-3-1-2-4-9(8)15/h1-6,13,18H. The van der Waals surface area contributed by atoms with Crippen molar-refractivity contribution in [2.24, 2.45) is 0 Å². The molecule has 0 fully saturated rings. The van der Waals surface area contributed by atoms with Crippen LogP contribution in [0.25, 0.3) is 0 Å². The van der Waals surface area contributed by atoms with E-state index in [1.807, 2.05) is 0 Å². The minimum atomic E-state index is -1.44. The van der Waals surface area contributed by atoms with Crippen LogP contribution in [0.15, 0.2) is 40.9 Å². The summed E-state index contributed by atoms with van der Waals surface area (Å²) in [6, 6.07) is 8.58. The molecule has 0 aromatic heterocycles. The van der Waals surface area contributed by atoms with Gasteiger partial charge in [0.25, 0.3) is 0 Å². The number of aliphatic hydroxyl groups is 1. The molecule has 0 aliphatic rings. The Labute approximate surface area is 116 Å². The third-order valence-electron chi connectivity index (χ3n) is 2.52. The van der Waals surface area contributed by atoms with Crippen LogP contribution >= 0.6 is 27.5 Å². The van der Waals surface area contributed by atoms with Gasteiger partial charge in [-0.1, -0.05) is 45.7 Å². The molecule has 0 aliphatic heterocycles. The first-order valence-corrected chi connectivity index (χ1v) is 6.24. The van der Waals surface area contributed by atoms with E-state index in [4.69, 9.17) is 11.6 Å². The van der Waals surface area contributed by atoms with Crippen molar-refractivity contribution in [2.75, 3.05) is 0 Å². The molecular weight excluding hydrogens is 325 g/mol. The average Bonchev–Trinajstić information content (AvgIpc) is 2.27. The van der Waals surface area contributed by atoms with Crippen molar-refractivity contribution in [3.8, 4) is 0 Å². The lowest BCUT2D eigenvalue weighted by atomic mass is 10.0. The van der Waals surface area contributed by atoms with Crippen LogP contribution in [-0.4, -0.2) is 5.11 Å². The summed E-state index contributed by atoms with van der Waals surface area (Å²) >= 11 is 8.87. The molecule has 1 nitrogen and oxygen atoms in total. The Morgan fingerprint density at radius 3 is 2.22 bits per heavy atom. The smallest absolute Gasteiger partial charge is 0.133 e. The number of hydrogen-bond donors (Lipinski definition) is 1. The summed E-state index contributed by atoms with van der Waals surface area (Å²) in [7, 11) is 0. The Morgan fingerprint density at radius 1 is 1.11 bits per heavy atom. The Hall–Kier alpha value is -0.970. The number of hydrogen-bond acceptors (Lipinski definition) is 1. The van der Waals surface area contributed by atoms with E-state index in [0.29, 0.717) is 0 Å². The summed E-state index contributed by atoms with van der Waals surface area (Å²) in [6.07, 6.45) is -1.44. The fourth-order valence-corrected chi connectivity index (χ4v) is 2.31. The van der Waals surface area contributed by atoms with Gasteiger partial charge >= 0.3 is 0 Å². The quantitative estimate of drug-likeness (QED) is 0.860. The van der Waals surface area contributed by atoms with Crippen LogP contribution in [0, 0.1) is 11.6 Å². The first kappa shape index (κ1) is 13.5. The summed E-state index contributed by atoms with van der Waals surface area (Å²) in [5, 5.41) is 10.3. The second-order valence-corrected chi connectivity index (χ2v) is 5.03. The van der Waals surface area contributed by atoms with Gasteiger partial charge in [-0.05, 0) is 18.2 Å². The van der Waals surface area contributed by atoms with E-state index in [2.05, 4.69) is 15.9 Å². The first-order chi connectivity index (χ1) is 8.50. The van der Waals surface area contributed by atoms with Gasteiger partial charge in [-0.15, -0.1) is 0 Å². The zero-order chi connectivity index (χ0) is 13.3. The second kappa shape index (κ2) is 5.34. The van der Waals surface area contributed by atoms with Gasteiger partial charge in [-0.3, -0.25) is 0 Å². The van der Waals surface area contributed by atoms with Crippen LogP contribution in [0.1, 0.15) is 17.2 Å². The van der Waals surface area contributed by atoms with E-state index in [-0.39, 0.29) is 15.1 Å². The lowest BCUT2D eigenvalue weighted by Gasteiger charge is -2.15. The van der Waals surface area contributed by atoms with Crippen molar-refractivity contribution in [3.63, 3.8) is 0 Å². The summed E-state index contributed by atoms with van der Waals surface area (Å²) < 4.78 is 27.7. The highest BCUT2D eigenvalue weighted by atomic mass is 79.9. The van der Waals surface area contributed by atoms with E-state index < -0.39 is 23.3 Å². The molecule has 5 heteroatoms. The molecule has 0 saturated heterocycles. The van der Waals surface area contributed by atoms with Crippen molar-refractivity contribution in [2.45, 2.75) is 6.10 Å². The average molecular weight is 334 g/mol. The summed E-state index contributed by atoms with van der Waals surface area (Å²) in [5.41, 5.74) is -0.148. The van der Waals surface area contributed by atoms with Crippen molar-refractivity contribution >= 4 is 27.5 Å². The van der Waals surface area contributed by atoms with Crippen molar-refractivity contribution in [1.82, 2.24) is 0 Å². The molecular formula is C13H8BrClF2O. The molecule has 0 saturated carbocycles. The maximum absolute atomic E-state index is 13.7. The van der Waals surface area contributed by atoms with Crippen LogP contribution in [0.5, 0.6) is 0 Å². The number of halogens is 4. The zero-order valence-corrected chi connectivity index (χ0v) is 11.3. The second-order valence-electron chi connectivity index (χ2n) is 3.71. The molecule has 94 valence electrons. The maximum atomic E-state index is 13.7. The van der Waals surface area contributed by atoms with E-state index in [1.165, 1.54) is 6.07 Å². The van der Waals surface area contributed by atoms with Crippen molar-refractivity contribution in [1.29, 1.82) is 0 Å². The van der Waals surface area contributed by atoms with Crippen LogP contribution in [-0.2, 0) is 0 Å². The third-order valence-corrected chi connectivity index (χ3v) is 3.32. The first-order valence-electron chi connectivity index (χ1n) is 5.07. The molecule has 0 spiro atoms. The summed E-state index contributed by atoms with van der Waals surface area (Å²) in [6.45, 7) is 0. The molecule has 2 rings (SSSR count). The molecule has 0 heterocycles. The lowest BCUT2D eigenvalue weighted by molar-refractivity contribution is 0.209. The molecule has 2 aromatic carbocycles. The predicted molar refractivity (Wildman–Crippen MR) is 69.6 cm³/mol. The van der Waals surface area contributed by atoms with Gasteiger partial charge in [0.2, 0.25) is 0 Å². The SMILES string of the molecule is OC(c1ccccc1Cl)c1c(F)cc(Br)cc1F. The van der Waals surface area contributed by atoms with Crippen LogP contribution < -0.4 is 0 Å². The Kier molecular flexibility index (Phi) is 4.00. The van der Waals surface area contributed by atoms with E-state index in [9.17, 15) is 13.9 Å². The lowest BCUT2D eigenvalue weighted by Crippen LogP contribution is -2.06. The van der Waals surface area contributed by atoms with Gasteiger partial charge in [0.1, 0.15) is 17.7 Å². The topological polar surface area (TPSA) is 20.2 Å². The van der Waals surface area contributed by atoms with Gasteiger partial charge < -0.3 is 5.11 Å². The van der Waals surface area contributed by atoms with Gasteiger partial charge in [-0.25, -0.2) is 8.78 Å². The number of rotatable bonds is 2. The number of benzene rings is 2. The molecule has 1 atom stereocenters. The highest BCUT2D eigenvalue weighted by Gasteiger charge is 2.22. The Morgan fingerprint density at radius 2 is 1.67 bits per heavy atom. The predicted octanol–water partition coefficient (Wildman–Crippen LogP) is 4.46. The Balaban J connectivity index is 2.53. The molecule has 0 aliphatic carbocycles. The van der Waals surface area contributed by atoms with E-state index in [0.717, 1.165) is 12.1 Å². The molecule has 1 N–H and O–H groups in total. The highest BCUT2D eigenvalue weighted by Crippen LogP contribution is 2.32. The number of aliphatic hydroxyl groups excluding tert-OH is 1. The van der Waals surface area contributed by atoms with Gasteiger partial charge in [0.15, 0.2) is 0 Å². The minimum Gasteiger partial charge on any atom is -0.383 e. The minimum absolute atomic E-state index is 0.256. The normalized spacial score (nSPS) is 12.5. The van der Waals surface area contributed by atoms with E-state index in [1.54, 1.807) is 18.2 Å². The van der Waals surface area contributed by atoms with Crippen molar-refractivity contribution < 1.29 is 13.9 Å². The largest absolute Gasteiger partial charge is 0.383 e. The van der Waals surface area contributed by atoms with Crippen molar-refractivity contribution in [3.05, 3.63) is 68.7 Å². The fourth-order valence-electron chi connectivity index (χ4n) is 1.67. The zero-order valence-electron chi connectivity index (χ0n) is 9.00. The molecule has 18 heavy (non-hydrogen) atoms. The van der Waals surface area contributed by atoms with E-state index >= 15 is 0 Å².